The number of benzene rings is 2. The van der Waals surface area contributed by atoms with E-state index in [0.717, 1.165) is 6.42 Å². The lowest BCUT2D eigenvalue weighted by Gasteiger charge is -2.10. The van der Waals surface area contributed by atoms with E-state index in [0.29, 0.717) is 17.3 Å². The summed E-state index contributed by atoms with van der Waals surface area (Å²) < 4.78 is 13.3. The zero-order chi connectivity index (χ0) is 14.4. The molecule has 2 aromatic rings. The first kappa shape index (κ1) is 14.8. The Kier molecular flexibility index (Phi) is 5.32. The summed E-state index contributed by atoms with van der Waals surface area (Å²) in [5.41, 5.74) is 1.81. The minimum atomic E-state index is -0.469. The Labute approximate surface area is 128 Å². The van der Waals surface area contributed by atoms with Crippen LogP contribution in [0, 0.1) is 5.82 Å². The molecule has 0 atom stereocenters. The summed E-state index contributed by atoms with van der Waals surface area (Å²) in [4.78, 5) is 0. The fourth-order valence-corrected chi connectivity index (χ4v) is 2.05. The van der Waals surface area contributed by atoms with Crippen molar-refractivity contribution >= 4 is 34.6 Å². The van der Waals surface area contributed by atoms with Crippen LogP contribution in [0.2, 0.25) is 5.02 Å². The maximum atomic E-state index is 13.3. The normalized spacial score (nSPS) is 10.1. The van der Waals surface area contributed by atoms with Gasteiger partial charge in [0.2, 0.25) is 0 Å². The SMILES string of the molecule is Fc1cc(NC(=S)NCCc2ccccc2)ccc1Cl. The Morgan fingerprint density at radius 1 is 1.15 bits per heavy atom. The number of rotatable bonds is 4. The first-order valence-corrected chi connectivity index (χ1v) is 6.97. The van der Waals surface area contributed by atoms with Gasteiger partial charge in [0.15, 0.2) is 5.11 Å². The summed E-state index contributed by atoms with van der Waals surface area (Å²) in [6, 6.07) is 14.6. The highest BCUT2D eigenvalue weighted by molar-refractivity contribution is 7.80. The lowest BCUT2D eigenvalue weighted by atomic mass is 10.1. The average molecular weight is 309 g/mol. The van der Waals surface area contributed by atoms with E-state index in [1.165, 1.54) is 17.7 Å². The summed E-state index contributed by atoms with van der Waals surface area (Å²) in [7, 11) is 0. The van der Waals surface area contributed by atoms with Gasteiger partial charge in [-0.2, -0.15) is 0 Å². The fourth-order valence-electron chi connectivity index (χ4n) is 1.71. The molecule has 2 N–H and O–H groups in total. The maximum absolute atomic E-state index is 13.3. The first-order chi connectivity index (χ1) is 9.65. The van der Waals surface area contributed by atoms with E-state index in [9.17, 15) is 4.39 Å². The highest BCUT2D eigenvalue weighted by Crippen LogP contribution is 2.18. The summed E-state index contributed by atoms with van der Waals surface area (Å²) in [5, 5.41) is 6.55. The highest BCUT2D eigenvalue weighted by Gasteiger charge is 2.02. The van der Waals surface area contributed by atoms with Gasteiger partial charge in [0.1, 0.15) is 5.82 Å². The third-order valence-electron chi connectivity index (χ3n) is 2.72. The van der Waals surface area contributed by atoms with Crippen molar-refractivity contribution in [3.63, 3.8) is 0 Å². The second kappa shape index (κ2) is 7.22. The average Bonchev–Trinajstić information content (AvgIpc) is 2.44. The summed E-state index contributed by atoms with van der Waals surface area (Å²) in [6.07, 6.45) is 0.873. The third-order valence-corrected chi connectivity index (χ3v) is 3.27. The molecule has 0 heterocycles. The highest BCUT2D eigenvalue weighted by atomic mass is 35.5. The largest absolute Gasteiger partial charge is 0.362 e. The molecule has 0 amide bonds. The predicted molar refractivity (Wildman–Crippen MR) is 85.8 cm³/mol. The number of anilines is 1. The van der Waals surface area contributed by atoms with Gasteiger partial charge in [-0.3, -0.25) is 0 Å². The molecule has 5 heteroatoms. The summed E-state index contributed by atoms with van der Waals surface area (Å²) in [6.45, 7) is 0.714. The van der Waals surface area contributed by atoms with Gasteiger partial charge in [-0.25, -0.2) is 4.39 Å². The van der Waals surface area contributed by atoms with Gasteiger partial charge < -0.3 is 10.6 Å². The molecule has 0 unspecified atom stereocenters. The Morgan fingerprint density at radius 2 is 1.90 bits per heavy atom. The van der Waals surface area contributed by atoms with Gasteiger partial charge in [0, 0.05) is 12.2 Å². The standard InChI is InChI=1S/C15H14ClFN2S/c16-13-7-6-12(10-14(13)17)19-15(20)18-9-8-11-4-2-1-3-5-11/h1-7,10H,8-9H2,(H2,18,19,20). The molecule has 0 bridgehead atoms. The third kappa shape index (κ3) is 4.47. The molecular formula is C15H14ClFN2S. The molecule has 0 aromatic heterocycles. The lowest BCUT2D eigenvalue weighted by Crippen LogP contribution is -2.30. The second-order valence-electron chi connectivity index (χ2n) is 4.25. The van der Waals surface area contributed by atoms with Crippen molar-refractivity contribution in [1.82, 2.24) is 5.32 Å². The molecule has 0 saturated heterocycles. The topological polar surface area (TPSA) is 24.1 Å². The number of hydrogen-bond donors (Lipinski definition) is 2. The minimum Gasteiger partial charge on any atom is -0.362 e. The lowest BCUT2D eigenvalue weighted by molar-refractivity contribution is 0.629. The Balaban J connectivity index is 1.79. The molecule has 2 nitrogen and oxygen atoms in total. The van der Waals surface area contributed by atoms with Gasteiger partial charge >= 0.3 is 0 Å². The van der Waals surface area contributed by atoms with Crippen LogP contribution >= 0.6 is 23.8 Å². The van der Waals surface area contributed by atoms with Crippen LogP contribution in [0.25, 0.3) is 0 Å². The quantitative estimate of drug-likeness (QED) is 0.835. The van der Waals surface area contributed by atoms with Crippen LogP contribution in [0.4, 0.5) is 10.1 Å². The van der Waals surface area contributed by atoms with Crippen LogP contribution in [0.3, 0.4) is 0 Å². The number of hydrogen-bond acceptors (Lipinski definition) is 1. The van der Waals surface area contributed by atoms with Crippen molar-refractivity contribution in [2.75, 3.05) is 11.9 Å². The Hall–Kier alpha value is -1.65. The first-order valence-electron chi connectivity index (χ1n) is 6.19. The monoisotopic (exact) mass is 308 g/mol. The molecule has 2 rings (SSSR count). The predicted octanol–water partition coefficient (Wildman–Crippen LogP) is 4.01. The zero-order valence-electron chi connectivity index (χ0n) is 10.7. The molecular weight excluding hydrogens is 295 g/mol. The molecule has 2 aromatic carbocycles. The van der Waals surface area contributed by atoms with E-state index in [1.807, 2.05) is 18.2 Å². The molecule has 0 spiro atoms. The van der Waals surface area contributed by atoms with Crippen LogP contribution < -0.4 is 10.6 Å². The van der Waals surface area contributed by atoms with E-state index in [4.69, 9.17) is 23.8 Å². The van der Waals surface area contributed by atoms with E-state index in [1.54, 1.807) is 6.07 Å². The molecule has 0 saturated carbocycles. The molecule has 20 heavy (non-hydrogen) atoms. The Bertz CT molecular complexity index is 590. The zero-order valence-corrected chi connectivity index (χ0v) is 12.3. The Morgan fingerprint density at radius 3 is 2.60 bits per heavy atom. The van der Waals surface area contributed by atoms with E-state index < -0.39 is 5.82 Å². The van der Waals surface area contributed by atoms with Gasteiger partial charge in [-0.1, -0.05) is 41.9 Å². The van der Waals surface area contributed by atoms with Crippen LogP contribution in [0.5, 0.6) is 0 Å². The van der Waals surface area contributed by atoms with Gasteiger partial charge in [-0.05, 0) is 42.4 Å². The van der Waals surface area contributed by atoms with E-state index in [-0.39, 0.29) is 5.02 Å². The van der Waals surface area contributed by atoms with Crippen molar-refractivity contribution in [3.05, 3.63) is 64.9 Å². The van der Waals surface area contributed by atoms with Crippen molar-refractivity contribution < 1.29 is 4.39 Å². The molecule has 0 radical (unpaired) electrons. The van der Waals surface area contributed by atoms with Crippen molar-refractivity contribution in [2.45, 2.75) is 6.42 Å². The van der Waals surface area contributed by atoms with Gasteiger partial charge in [0.25, 0.3) is 0 Å². The molecule has 0 aliphatic heterocycles. The van der Waals surface area contributed by atoms with Crippen molar-refractivity contribution in [3.8, 4) is 0 Å². The molecule has 0 aliphatic rings. The van der Waals surface area contributed by atoms with Crippen LogP contribution in [-0.2, 0) is 6.42 Å². The van der Waals surface area contributed by atoms with E-state index >= 15 is 0 Å². The van der Waals surface area contributed by atoms with Crippen LogP contribution in [-0.4, -0.2) is 11.7 Å². The maximum Gasteiger partial charge on any atom is 0.170 e. The van der Waals surface area contributed by atoms with Gasteiger partial charge in [0.05, 0.1) is 5.02 Å². The van der Waals surface area contributed by atoms with Gasteiger partial charge in [-0.15, -0.1) is 0 Å². The summed E-state index contributed by atoms with van der Waals surface area (Å²) >= 11 is 10.8. The number of nitrogens with one attached hydrogen (secondary N) is 2. The number of thiocarbonyl (C=S) groups is 1. The second-order valence-corrected chi connectivity index (χ2v) is 5.06. The number of halogens is 2. The summed E-state index contributed by atoms with van der Waals surface area (Å²) in [5.74, 6) is -0.469. The van der Waals surface area contributed by atoms with E-state index in [2.05, 4.69) is 22.8 Å². The van der Waals surface area contributed by atoms with Crippen LogP contribution in [0.1, 0.15) is 5.56 Å². The van der Waals surface area contributed by atoms with Crippen LogP contribution in [0.15, 0.2) is 48.5 Å². The minimum absolute atomic E-state index is 0.0958. The smallest absolute Gasteiger partial charge is 0.170 e. The molecule has 0 fully saturated rings. The molecule has 0 aliphatic carbocycles. The molecule has 104 valence electrons. The van der Waals surface area contributed by atoms with Crippen molar-refractivity contribution in [1.29, 1.82) is 0 Å². The van der Waals surface area contributed by atoms with Crippen molar-refractivity contribution in [2.24, 2.45) is 0 Å². The fraction of sp³-hybridized carbons (Fsp3) is 0.133.